The van der Waals surface area contributed by atoms with Crippen molar-refractivity contribution in [3.63, 3.8) is 0 Å². The van der Waals surface area contributed by atoms with Crippen molar-refractivity contribution in [3.05, 3.63) is 146 Å². The van der Waals surface area contributed by atoms with Crippen LogP contribution in [0, 0.1) is 0 Å². The van der Waals surface area contributed by atoms with E-state index in [9.17, 15) is 43.2 Å². The molecule has 0 radical (unpaired) electrons. The molecule has 594 valence electrons. The van der Waals surface area contributed by atoms with E-state index >= 15 is 0 Å². The topological polar surface area (TPSA) is 237 Å². The van der Waals surface area contributed by atoms with Gasteiger partial charge in [0.05, 0.1) is 26.4 Å². The number of rotatable bonds is 74. The van der Waals surface area contributed by atoms with E-state index in [0.29, 0.717) is 25.7 Å². The first-order valence-electron chi connectivity index (χ1n) is 40.1. The first kappa shape index (κ1) is 98.9. The molecule has 19 heteroatoms. The Hall–Kier alpha value is -5.06. The summed E-state index contributed by atoms with van der Waals surface area (Å²) in [4.78, 5) is 73.0. The van der Waals surface area contributed by atoms with Gasteiger partial charge in [0.25, 0.3) is 0 Å². The highest BCUT2D eigenvalue weighted by Gasteiger charge is 2.30. The second-order valence-electron chi connectivity index (χ2n) is 26.2. The number of aliphatic hydroxyl groups is 1. The van der Waals surface area contributed by atoms with Gasteiger partial charge in [0.15, 0.2) is 12.2 Å². The predicted molar refractivity (Wildman–Crippen MR) is 427 cm³/mol. The van der Waals surface area contributed by atoms with Crippen LogP contribution in [0.1, 0.15) is 310 Å². The predicted octanol–water partition coefficient (Wildman–Crippen LogP) is 23.4. The largest absolute Gasteiger partial charge is 0.472 e. The highest BCUT2D eigenvalue weighted by Crippen LogP contribution is 2.45. The van der Waals surface area contributed by atoms with Gasteiger partial charge < -0.3 is 33.8 Å². The number of phosphoric ester groups is 2. The summed E-state index contributed by atoms with van der Waals surface area (Å²) in [6, 6.07) is 0. The Balaban J connectivity index is 5.42. The van der Waals surface area contributed by atoms with Crippen LogP contribution in [-0.4, -0.2) is 96.7 Å². The number of carbonyl (C=O) groups excluding carboxylic acids is 4. The molecule has 0 amide bonds. The molecule has 0 aliphatic heterocycles. The molecule has 5 atom stereocenters. The van der Waals surface area contributed by atoms with Crippen molar-refractivity contribution in [2.24, 2.45) is 0 Å². The number of allylic oxidation sites excluding steroid dienone is 24. The summed E-state index contributed by atoms with van der Waals surface area (Å²) in [5.41, 5.74) is 0. The summed E-state index contributed by atoms with van der Waals surface area (Å²) in [6.45, 7) is 4.48. The van der Waals surface area contributed by atoms with Gasteiger partial charge in [-0.25, -0.2) is 9.13 Å². The minimum absolute atomic E-state index is 0.0712. The van der Waals surface area contributed by atoms with Gasteiger partial charge in [-0.2, -0.15) is 0 Å². The fraction of sp³-hybridized carbons (Fsp3) is 0.671. The van der Waals surface area contributed by atoms with Crippen molar-refractivity contribution in [2.75, 3.05) is 39.6 Å². The minimum Gasteiger partial charge on any atom is -0.462 e. The Bertz CT molecular complexity index is 2540. The molecule has 0 spiro atoms. The Kier molecular flexibility index (Phi) is 72.4. The Labute approximate surface area is 630 Å². The molecule has 0 rings (SSSR count). The number of ether oxygens (including phenoxy) is 4. The van der Waals surface area contributed by atoms with Crippen molar-refractivity contribution < 1.29 is 80.2 Å². The SMILES string of the molecule is CC/C=C\C/C=C\C/C=C\C/C=C\C/C=C\CCCCCC(=O)OCC(COP(=O)(O)OCC(O)COP(=O)(O)OCC(COC(=O)CCCCCCC/C=C\C/C=C\CCCCC)OC(=O)CCCCCCC/C=C\C/C=C\CCC)OC(=O)CCCCCCCCC/C=C\C/C=C\C/C=C\CC. The maximum absolute atomic E-state index is 13.1. The maximum Gasteiger partial charge on any atom is 0.472 e. The van der Waals surface area contributed by atoms with E-state index in [1.54, 1.807) is 0 Å². The molecule has 0 fully saturated rings. The number of carbonyl (C=O) groups is 4. The zero-order valence-electron chi connectivity index (χ0n) is 64.9. The Morgan fingerprint density at radius 2 is 0.519 bits per heavy atom. The van der Waals surface area contributed by atoms with Crippen molar-refractivity contribution in [1.29, 1.82) is 0 Å². The van der Waals surface area contributed by atoms with Crippen LogP contribution in [0.4, 0.5) is 0 Å². The van der Waals surface area contributed by atoms with Crippen LogP contribution >= 0.6 is 15.6 Å². The maximum atomic E-state index is 13.1. The van der Waals surface area contributed by atoms with E-state index in [1.165, 1.54) is 19.3 Å². The molecule has 0 bridgehead atoms. The van der Waals surface area contributed by atoms with Gasteiger partial charge in [0.1, 0.15) is 19.3 Å². The lowest BCUT2D eigenvalue weighted by Crippen LogP contribution is -2.30. The Morgan fingerprint density at radius 3 is 0.817 bits per heavy atom. The third-order valence-corrected chi connectivity index (χ3v) is 18.2. The van der Waals surface area contributed by atoms with Crippen molar-refractivity contribution >= 4 is 39.5 Å². The van der Waals surface area contributed by atoms with Crippen LogP contribution in [0.5, 0.6) is 0 Å². The molecule has 5 unspecified atom stereocenters. The van der Waals surface area contributed by atoms with Gasteiger partial charge in [0, 0.05) is 25.7 Å². The molecular formula is C85H142O17P2. The smallest absolute Gasteiger partial charge is 0.462 e. The third-order valence-electron chi connectivity index (χ3n) is 16.2. The molecule has 0 aliphatic carbocycles. The lowest BCUT2D eigenvalue weighted by atomic mass is 10.1. The number of hydrogen-bond acceptors (Lipinski definition) is 15. The molecule has 0 saturated carbocycles. The number of phosphoric acid groups is 2. The molecular weight excluding hydrogens is 1350 g/mol. The summed E-state index contributed by atoms with van der Waals surface area (Å²) in [6.07, 6.45) is 86.8. The van der Waals surface area contributed by atoms with Gasteiger partial charge in [0.2, 0.25) is 0 Å². The average molecular weight is 1500 g/mol. The minimum atomic E-state index is -5.00. The van der Waals surface area contributed by atoms with Gasteiger partial charge in [-0.3, -0.25) is 37.3 Å². The number of aliphatic hydroxyl groups excluding tert-OH is 1. The average Bonchev–Trinajstić information content (AvgIpc) is 0.911. The molecule has 0 saturated heterocycles. The third kappa shape index (κ3) is 75.2. The van der Waals surface area contributed by atoms with Crippen LogP contribution in [0.2, 0.25) is 0 Å². The van der Waals surface area contributed by atoms with Crippen LogP contribution in [0.15, 0.2) is 146 Å². The highest BCUT2D eigenvalue weighted by atomic mass is 31.2. The van der Waals surface area contributed by atoms with E-state index in [4.69, 9.17) is 37.0 Å². The molecule has 17 nitrogen and oxygen atoms in total. The van der Waals surface area contributed by atoms with Gasteiger partial charge in [-0.15, -0.1) is 0 Å². The van der Waals surface area contributed by atoms with Crippen LogP contribution in [-0.2, 0) is 65.4 Å². The Morgan fingerprint density at radius 1 is 0.279 bits per heavy atom. The number of hydrogen-bond donors (Lipinski definition) is 3. The van der Waals surface area contributed by atoms with Crippen LogP contribution in [0.3, 0.4) is 0 Å². The lowest BCUT2D eigenvalue weighted by molar-refractivity contribution is -0.161. The second kappa shape index (κ2) is 76.1. The summed E-state index contributed by atoms with van der Waals surface area (Å²) >= 11 is 0. The monoisotopic (exact) mass is 1500 g/mol. The number of esters is 4. The van der Waals surface area contributed by atoms with E-state index in [-0.39, 0.29) is 25.7 Å². The van der Waals surface area contributed by atoms with Crippen LogP contribution in [0.25, 0.3) is 0 Å². The zero-order valence-corrected chi connectivity index (χ0v) is 66.7. The van der Waals surface area contributed by atoms with Crippen molar-refractivity contribution in [1.82, 2.24) is 0 Å². The van der Waals surface area contributed by atoms with E-state index in [0.717, 1.165) is 212 Å². The molecule has 104 heavy (non-hydrogen) atoms. The summed E-state index contributed by atoms with van der Waals surface area (Å²) in [5, 5.41) is 10.6. The fourth-order valence-corrected chi connectivity index (χ4v) is 11.8. The zero-order chi connectivity index (χ0) is 76.0. The standard InChI is InChI=1S/C85H142O17P2/c1-5-9-13-17-21-25-29-33-36-38-39-41-43-47-50-54-58-62-66-70-83(88)96-76-81(102-85(90)72-68-64-60-56-52-48-44-40-37-34-30-26-22-18-14-10-6-2)78-100-104(93,94)98-74-79(86)73-97-103(91,92)99-77-80(101-84(89)71-67-63-59-55-51-45-32-28-24-20-16-12-8-4)75-95-82(87)69-65-61-57-53-49-46-42-35-31-27-23-19-15-11-7-3/h9-10,13-14,16,20-23,25-28,32-37,39,41-42,47,50,79-81,86H,5-8,11-12,15,17-19,24,29-31,38,40,43-46,48-49,51-78H2,1-4H3,(H,91,92)(H,93,94)/b13-9-,14-10-,20-16-,25-21-,26-22-,27-23-,32-28-,36-33-,37-34-,41-39-,42-35-,50-47-. The number of unbranched alkanes of at least 4 members (excludes halogenated alkanes) is 24. The first-order valence-corrected chi connectivity index (χ1v) is 43.1. The lowest BCUT2D eigenvalue weighted by Gasteiger charge is -2.21. The summed E-state index contributed by atoms with van der Waals surface area (Å²) in [7, 11) is -9.98. The van der Waals surface area contributed by atoms with Crippen molar-refractivity contribution in [3.8, 4) is 0 Å². The van der Waals surface area contributed by atoms with Gasteiger partial charge in [-0.05, 0) is 161 Å². The first-order chi connectivity index (χ1) is 50.7. The summed E-state index contributed by atoms with van der Waals surface area (Å²) < 4.78 is 68.6. The van der Waals surface area contributed by atoms with Crippen molar-refractivity contribution in [2.45, 2.75) is 329 Å². The van der Waals surface area contributed by atoms with Gasteiger partial charge >= 0.3 is 39.5 Å². The quantitative estimate of drug-likeness (QED) is 0.0169. The summed E-state index contributed by atoms with van der Waals surface area (Å²) in [5.74, 6) is -2.25. The van der Waals surface area contributed by atoms with E-state index in [1.807, 2.05) is 0 Å². The van der Waals surface area contributed by atoms with E-state index in [2.05, 4.69) is 174 Å². The molecule has 0 aromatic carbocycles. The van der Waals surface area contributed by atoms with E-state index < -0.39 is 97.5 Å². The molecule has 0 aromatic rings. The molecule has 0 aliphatic rings. The molecule has 3 N–H and O–H groups in total. The molecule has 0 aromatic heterocycles. The second-order valence-corrected chi connectivity index (χ2v) is 29.1. The van der Waals surface area contributed by atoms with Gasteiger partial charge in [-0.1, -0.05) is 270 Å². The molecule has 0 heterocycles. The normalized spacial score (nSPS) is 14.6. The fourth-order valence-electron chi connectivity index (χ4n) is 10.2. The highest BCUT2D eigenvalue weighted by molar-refractivity contribution is 7.47. The van der Waals surface area contributed by atoms with Crippen LogP contribution < -0.4 is 0 Å².